The Bertz CT molecular complexity index is 1040. The SMILES string of the molecule is COc1ccccc1N1CCN(C(=O)C=Cc2ccc(OCc3ccccc3)cc2)CC1. The molecule has 0 N–H and O–H groups in total. The molecule has 1 saturated heterocycles. The molecule has 0 aromatic heterocycles. The quantitative estimate of drug-likeness (QED) is 0.515. The highest BCUT2D eigenvalue weighted by molar-refractivity contribution is 5.92. The Hall–Kier alpha value is -3.73. The van der Waals surface area contributed by atoms with Gasteiger partial charge in [-0.3, -0.25) is 4.79 Å². The van der Waals surface area contributed by atoms with Crippen LogP contribution in [-0.4, -0.2) is 44.1 Å². The lowest BCUT2D eigenvalue weighted by atomic mass is 10.2. The molecular formula is C27H28N2O3. The van der Waals surface area contributed by atoms with Crippen LogP contribution in [0.3, 0.4) is 0 Å². The summed E-state index contributed by atoms with van der Waals surface area (Å²) in [5.74, 6) is 1.71. The van der Waals surface area contributed by atoms with E-state index in [9.17, 15) is 4.79 Å². The molecule has 5 heteroatoms. The summed E-state index contributed by atoms with van der Waals surface area (Å²) >= 11 is 0. The predicted molar refractivity (Wildman–Crippen MR) is 128 cm³/mol. The molecule has 0 aliphatic carbocycles. The lowest BCUT2D eigenvalue weighted by molar-refractivity contribution is -0.126. The van der Waals surface area contributed by atoms with Gasteiger partial charge in [-0.25, -0.2) is 0 Å². The second kappa shape index (κ2) is 10.5. The van der Waals surface area contributed by atoms with E-state index in [1.165, 1.54) is 0 Å². The van der Waals surface area contributed by atoms with Gasteiger partial charge in [0.15, 0.2) is 0 Å². The molecule has 1 amide bonds. The highest BCUT2D eigenvalue weighted by Gasteiger charge is 2.21. The lowest BCUT2D eigenvalue weighted by Crippen LogP contribution is -2.48. The number of hydrogen-bond acceptors (Lipinski definition) is 4. The van der Waals surface area contributed by atoms with Crippen LogP contribution in [0.2, 0.25) is 0 Å². The fraction of sp³-hybridized carbons (Fsp3) is 0.222. The lowest BCUT2D eigenvalue weighted by Gasteiger charge is -2.36. The van der Waals surface area contributed by atoms with Crippen molar-refractivity contribution in [3.8, 4) is 11.5 Å². The monoisotopic (exact) mass is 428 g/mol. The Morgan fingerprint density at radius 2 is 1.56 bits per heavy atom. The van der Waals surface area contributed by atoms with Crippen molar-refractivity contribution in [1.29, 1.82) is 0 Å². The van der Waals surface area contributed by atoms with Gasteiger partial charge in [-0.15, -0.1) is 0 Å². The number of nitrogens with zero attached hydrogens (tertiary/aromatic N) is 2. The van der Waals surface area contributed by atoms with Gasteiger partial charge in [0.2, 0.25) is 5.91 Å². The summed E-state index contributed by atoms with van der Waals surface area (Å²) in [5, 5.41) is 0. The molecule has 1 heterocycles. The fourth-order valence-corrected chi connectivity index (χ4v) is 3.75. The molecule has 1 fully saturated rings. The van der Waals surface area contributed by atoms with E-state index in [1.807, 2.05) is 83.8 Å². The van der Waals surface area contributed by atoms with Crippen LogP contribution in [-0.2, 0) is 11.4 Å². The topological polar surface area (TPSA) is 42.0 Å². The Morgan fingerprint density at radius 3 is 2.28 bits per heavy atom. The van der Waals surface area contributed by atoms with E-state index in [1.54, 1.807) is 13.2 Å². The average Bonchev–Trinajstić information content (AvgIpc) is 2.87. The Labute approximate surface area is 189 Å². The van der Waals surface area contributed by atoms with Gasteiger partial charge in [-0.2, -0.15) is 0 Å². The maximum atomic E-state index is 12.6. The number of amides is 1. The first-order valence-electron chi connectivity index (χ1n) is 10.8. The molecule has 32 heavy (non-hydrogen) atoms. The van der Waals surface area contributed by atoms with Crippen LogP contribution < -0.4 is 14.4 Å². The number of ether oxygens (including phenoxy) is 2. The number of anilines is 1. The van der Waals surface area contributed by atoms with Crippen molar-refractivity contribution in [1.82, 2.24) is 4.90 Å². The Kier molecular flexibility index (Phi) is 7.08. The average molecular weight is 429 g/mol. The first-order chi connectivity index (χ1) is 15.7. The number of hydrogen-bond donors (Lipinski definition) is 0. The maximum Gasteiger partial charge on any atom is 0.246 e. The second-order valence-electron chi connectivity index (χ2n) is 7.66. The molecule has 164 valence electrons. The number of piperazine rings is 1. The number of carbonyl (C=O) groups is 1. The van der Waals surface area contributed by atoms with Crippen LogP contribution in [0.15, 0.2) is 84.9 Å². The summed E-state index contributed by atoms with van der Waals surface area (Å²) in [6.07, 6.45) is 3.51. The van der Waals surface area contributed by atoms with Crippen LogP contribution in [0, 0.1) is 0 Å². The molecule has 0 spiro atoms. The highest BCUT2D eigenvalue weighted by atomic mass is 16.5. The van der Waals surface area contributed by atoms with Crippen LogP contribution >= 0.6 is 0 Å². The van der Waals surface area contributed by atoms with E-state index in [0.29, 0.717) is 19.7 Å². The molecule has 0 radical (unpaired) electrons. The van der Waals surface area contributed by atoms with E-state index in [0.717, 1.165) is 41.4 Å². The molecule has 3 aromatic carbocycles. The number of rotatable bonds is 7. The standard InChI is InChI=1S/C27H28N2O3/c1-31-26-10-6-5-9-25(26)28-17-19-29(20-18-28)27(30)16-13-22-11-14-24(15-12-22)32-21-23-7-3-2-4-8-23/h2-16H,17-21H2,1H3. The smallest absolute Gasteiger partial charge is 0.246 e. The summed E-state index contributed by atoms with van der Waals surface area (Å²) in [6.45, 7) is 3.48. The van der Waals surface area contributed by atoms with Crippen molar-refractivity contribution in [3.63, 3.8) is 0 Å². The molecule has 1 aliphatic rings. The Morgan fingerprint density at radius 1 is 0.875 bits per heavy atom. The minimum absolute atomic E-state index is 0.0362. The summed E-state index contributed by atoms with van der Waals surface area (Å²) in [4.78, 5) is 16.8. The maximum absolute atomic E-state index is 12.6. The molecule has 5 nitrogen and oxygen atoms in total. The van der Waals surface area contributed by atoms with Gasteiger partial charge in [0.05, 0.1) is 12.8 Å². The number of methoxy groups -OCH3 is 1. The van der Waals surface area contributed by atoms with Gasteiger partial charge in [-0.05, 0) is 41.5 Å². The summed E-state index contributed by atoms with van der Waals surface area (Å²) in [6, 6.07) is 25.9. The van der Waals surface area contributed by atoms with Crippen molar-refractivity contribution >= 4 is 17.7 Å². The molecule has 0 bridgehead atoms. The number of carbonyl (C=O) groups excluding carboxylic acids is 1. The minimum atomic E-state index is 0.0362. The van der Waals surface area contributed by atoms with E-state index < -0.39 is 0 Å². The van der Waals surface area contributed by atoms with Crippen molar-refractivity contribution in [2.24, 2.45) is 0 Å². The third kappa shape index (κ3) is 5.49. The fourth-order valence-electron chi connectivity index (χ4n) is 3.75. The highest BCUT2D eigenvalue weighted by Crippen LogP contribution is 2.28. The number of para-hydroxylation sites is 2. The first-order valence-corrected chi connectivity index (χ1v) is 10.8. The summed E-state index contributed by atoms with van der Waals surface area (Å²) < 4.78 is 11.3. The normalized spacial score (nSPS) is 13.9. The van der Waals surface area contributed by atoms with E-state index in [-0.39, 0.29) is 5.91 Å². The summed E-state index contributed by atoms with van der Waals surface area (Å²) in [5.41, 5.74) is 3.18. The molecule has 0 unspecified atom stereocenters. The zero-order valence-corrected chi connectivity index (χ0v) is 18.3. The van der Waals surface area contributed by atoms with Crippen molar-refractivity contribution in [2.75, 3.05) is 38.2 Å². The zero-order valence-electron chi connectivity index (χ0n) is 18.3. The third-order valence-corrected chi connectivity index (χ3v) is 5.56. The van der Waals surface area contributed by atoms with Gasteiger partial charge in [-0.1, -0.05) is 54.6 Å². The van der Waals surface area contributed by atoms with Crippen molar-refractivity contribution in [3.05, 3.63) is 96.1 Å². The predicted octanol–water partition coefficient (Wildman–Crippen LogP) is 4.64. The zero-order chi connectivity index (χ0) is 22.2. The van der Waals surface area contributed by atoms with Gasteiger partial charge in [0, 0.05) is 32.3 Å². The van der Waals surface area contributed by atoms with Gasteiger partial charge >= 0.3 is 0 Å². The molecule has 0 atom stereocenters. The first kappa shape index (κ1) is 21.5. The van der Waals surface area contributed by atoms with Crippen molar-refractivity contribution < 1.29 is 14.3 Å². The Balaban J connectivity index is 1.27. The third-order valence-electron chi connectivity index (χ3n) is 5.56. The van der Waals surface area contributed by atoms with Crippen LogP contribution in [0.25, 0.3) is 6.08 Å². The van der Waals surface area contributed by atoms with Crippen LogP contribution in [0.5, 0.6) is 11.5 Å². The second-order valence-corrected chi connectivity index (χ2v) is 7.66. The van der Waals surface area contributed by atoms with Gasteiger partial charge in [0.1, 0.15) is 18.1 Å². The van der Waals surface area contributed by atoms with Crippen LogP contribution in [0.4, 0.5) is 5.69 Å². The minimum Gasteiger partial charge on any atom is -0.495 e. The van der Waals surface area contributed by atoms with Gasteiger partial charge < -0.3 is 19.3 Å². The number of benzene rings is 3. The molecule has 0 saturated carbocycles. The molecule has 4 rings (SSSR count). The van der Waals surface area contributed by atoms with Crippen molar-refractivity contribution in [2.45, 2.75) is 6.61 Å². The molecule has 3 aromatic rings. The molecular weight excluding hydrogens is 400 g/mol. The van der Waals surface area contributed by atoms with E-state index in [2.05, 4.69) is 11.0 Å². The van der Waals surface area contributed by atoms with Crippen LogP contribution in [0.1, 0.15) is 11.1 Å². The summed E-state index contributed by atoms with van der Waals surface area (Å²) in [7, 11) is 1.69. The molecule has 1 aliphatic heterocycles. The van der Waals surface area contributed by atoms with Gasteiger partial charge in [0.25, 0.3) is 0 Å². The van der Waals surface area contributed by atoms with E-state index in [4.69, 9.17) is 9.47 Å². The largest absolute Gasteiger partial charge is 0.495 e. The van der Waals surface area contributed by atoms with E-state index >= 15 is 0 Å².